The first-order valence-corrected chi connectivity index (χ1v) is 11.2. The fourth-order valence-electron chi connectivity index (χ4n) is 3.16. The van der Waals surface area contributed by atoms with Crippen molar-refractivity contribution in [2.24, 2.45) is 0 Å². The highest BCUT2D eigenvalue weighted by molar-refractivity contribution is 7.99. The molecule has 1 amide bonds. The maximum Gasteiger partial charge on any atom is 0.247 e. The van der Waals surface area contributed by atoms with Crippen LogP contribution in [0.2, 0.25) is 0 Å². The third-order valence-corrected chi connectivity index (χ3v) is 5.89. The van der Waals surface area contributed by atoms with Crippen LogP contribution in [0.3, 0.4) is 0 Å². The average Bonchev–Trinajstić information content (AvgIpc) is 2.75. The average molecular weight is 442 g/mol. The highest BCUT2D eigenvalue weighted by atomic mass is 32.2. The van der Waals surface area contributed by atoms with E-state index in [1.54, 1.807) is 11.8 Å². The van der Waals surface area contributed by atoms with E-state index in [0.717, 1.165) is 59.8 Å². The molecule has 1 N–H and O–H groups in total. The number of nitrogens with zero attached hydrogens (tertiary/aromatic N) is 4. The normalized spacial score (nSPS) is 14.5. The minimum absolute atomic E-state index is 0.228. The molecule has 0 saturated carbocycles. The summed E-state index contributed by atoms with van der Waals surface area (Å²) in [6.45, 7) is 8.92. The van der Waals surface area contributed by atoms with Gasteiger partial charge in [-0.25, -0.2) is 4.98 Å². The van der Waals surface area contributed by atoms with Crippen LogP contribution in [0.5, 0.6) is 5.75 Å². The van der Waals surface area contributed by atoms with Crippen LogP contribution in [0.4, 0.5) is 11.4 Å². The maximum atomic E-state index is 11.6. The van der Waals surface area contributed by atoms with Gasteiger partial charge in [0.25, 0.3) is 0 Å². The third kappa shape index (κ3) is 6.99. The van der Waals surface area contributed by atoms with Crippen molar-refractivity contribution in [2.45, 2.75) is 9.92 Å². The van der Waals surface area contributed by atoms with Crippen molar-refractivity contribution >= 4 is 29.0 Å². The van der Waals surface area contributed by atoms with Crippen molar-refractivity contribution in [3.05, 3.63) is 49.2 Å². The highest BCUT2D eigenvalue weighted by Crippen LogP contribution is 2.35. The molecule has 1 saturated heterocycles. The second-order valence-electron chi connectivity index (χ2n) is 7.76. The van der Waals surface area contributed by atoms with Crippen LogP contribution in [0, 0.1) is 0 Å². The molecular weight excluding hydrogens is 410 g/mol. The monoisotopic (exact) mass is 441 g/mol. The molecule has 0 radical (unpaired) electrons. The standard InChI is InChI=1S/C23H31N5O2S/c1-5-22(29)25-18-7-6-8-19(15-18)31-23-16-21(30-14-13-26(2)3)20(17-24-23)28-11-9-27(4)10-12-28/h5-8,15-17H,1,9-14H2,2-4H3,(H,25,29). The van der Waals surface area contributed by atoms with E-state index in [4.69, 9.17) is 9.72 Å². The molecule has 0 spiro atoms. The van der Waals surface area contributed by atoms with E-state index in [0.29, 0.717) is 6.61 Å². The summed E-state index contributed by atoms with van der Waals surface area (Å²) in [5.74, 6) is 0.633. The number of aromatic nitrogens is 1. The van der Waals surface area contributed by atoms with Crippen molar-refractivity contribution in [2.75, 3.05) is 70.7 Å². The number of amides is 1. The van der Waals surface area contributed by atoms with Gasteiger partial charge < -0.3 is 24.8 Å². The molecule has 3 rings (SSSR count). The Morgan fingerprint density at radius 2 is 2.06 bits per heavy atom. The predicted octanol–water partition coefficient (Wildman–Crippen LogP) is 3.05. The fraction of sp³-hybridized carbons (Fsp3) is 0.391. The van der Waals surface area contributed by atoms with E-state index in [9.17, 15) is 4.79 Å². The van der Waals surface area contributed by atoms with Crippen LogP contribution in [0.15, 0.2) is 59.1 Å². The van der Waals surface area contributed by atoms with E-state index in [1.807, 2.05) is 50.6 Å². The van der Waals surface area contributed by atoms with Gasteiger partial charge in [-0.1, -0.05) is 24.4 Å². The molecule has 1 aliphatic heterocycles. The lowest BCUT2D eigenvalue weighted by Gasteiger charge is -2.34. The summed E-state index contributed by atoms with van der Waals surface area (Å²) >= 11 is 1.54. The van der Waals surface area contributed by atoms with E-state index < -0.39 is 0 Å². The molecule has 0 atom stereocenters. The van der Waals surface area contributed by atoms with Crippen LogP contribution in [0.25, 0.3) is 0 Å². The number of rotatable bonds is 9. The second-order valence-corrected chi connectivity index (χ2v) is 8.85. The van der Waals surface area contributed by atoms with Gasteiger partial charge in [-0.15, -0.1) is 0 Å². The Morgan fingerprint density at radius 1 is 1.29 bits per heavy atom. The molecule has 31 heavy (non-hydrogen) atoms. The zero-order chi connectivity index (χ0) is 22.2. The molecule has 1 aliphatic rings. The van der Waals surface area contributed by atoms with Crippen LogP contribution >= 0.6 is 11.8 Å². The summed E-state index contributed by atoms with van der Waals surface area (Å²) in [7, 11) is 6.23. The van der Waals surface area contributed by atoms with Gasteiger partial charge in [0.05, 0.1) is 11.9 Å². The quantitative estimate of drug-likeness (QED) is 0.600. The molecule has 1 aromatic carbocycles. The molecule has 1 aromatic heterocycles. The second kappa shape index (κ2) is 11.2. The maximum absolute atomic E-state index is 11.6. The minimum atomic E-state index is -0.228. The first kappa shape index (κ1) is 23.1. The summed E-state index contributed by atoms with van der Waals surface area (Å²) in [4.78, 5) is 24.0. The topological polar surface area (TPSA) is 60.9 Å². The number of hydrogen-bond acceptors (Lipinski definition) is 7. The molecule has 0 unspecified atom stereocenters. The van der Waals surface area contributed by atoms with Crippen LogP contribution in [-0.4, -0.2) is 81.2 Å². The van der Waals surface area contributed by atoms with Crippen molar-refractivity contribution in [1.82, 2.24) is 14.8 Å². The van der Waals surface area contributed by atoms with Crippen molar-refractivity contribution in [3.63, 3.8) is 0 Å². The number of carbonyl (C=O) groups is 1. The highest BCUT2D eigenvalue weighted by Gasteiger charge is 2.19. The molecule has 0 aliphatic carbocycles. The molecule has 166 valence electrons. The van der Waals surface area contributed by atoms with Gasteiger partial charge >= 0.3 is 0 Å². The molecular formula is C23H31N5O2S. The number of hydrogen-bond donors (Lipinski definition) is 1. The summed E-state index contributed by atoms with van der Waals surface area (Å²) < 4.78 is 6.18. The van der Waals surface area contributed by atoms with Crippen LogP contribution in [-0.2, 0) is 4.79 Å². The van der Waals surface area contributed by atoms with Crippen LogP contribution < -0.4 is 15.0 Å². The first-order valence-electron chi connectivity index (χ1n) is 10.4. The van der Waals surface area contributed by atoms with E-state index in [-0.39, 0.29) is 5.91 Å². The van der Waals surface area contributed by atoms with Crippen molar-refractivity contribution < 1.29 is 9.53 Å². The van der Waals surface area contributed by atoms with Crippen LogP contribution in [0.1, 0.15) is 0 Å². The zero-order valence-corrected chi connectivity index (χ0v) is 19.3. The van der Waals surface area contributed by atoms with E-state index in [2.05, 4.69) is 33.6 Å². The van der Waals surface area contributed by atoms with Gasteiger partial charge in [0, 0.05) is 49.4 Å². The number of anilines is 2. The Balaban J connectivity index is 1.78. The summed E-state index contributed by atoms with van der Waals surface area (Å²) in [5.41, 5.74) is 1.77. The van der Waals surface area contributed by atoms with E-state index >= 15 is 0 Å². The Morgan fingerprint density at radius 3 is 2.77 bits per heavy atom. The largest absolute Gasteiger partial charge is 0.490 e. The van der Waals surface area contributed by atoms with Gasteiger partial charge in [-0.3, -0.25) is 4.79 Å². The molecule has 2 heterocycles. The van der Waals surface area contributed by atoms with Gasteiger partial charge in [0.2, 0.25) is 5.91 Å². The lowest BCUT2D eigenvalue weighted by Crippen LogP contribution is -2.44. The number of likely N-dealkylation sites (N-methyl/N-ethyl adjacent to an activating group) is 2. The molecule has 1 fully saturated rings. The number of piperazine rings is 1. The Bertz CT molecular complexity index is 897. The zero-order valence-electron chi connectivity index (χ0n) is 18.5. The van der Waals surface area contributed by atoms with Crippen molar-refractivity contribution in [3.8, 4) is 5.75 Å². The van der Waals surface area contributed by atoms with Gasteiger partial charge in [0.1, 0.15) is 17.4 Å². The van der Waals surface area contributed by atoms with E-state index in [1.165, 1.54) is 6.08 Å². The number of nitrogens with one attached hydrogen (secondary N) is 1. The minimum Gasteiger partial charge on any atom is -0.490 e. The molecule has 2 aromatic rings. The number of ether oxygens (including phenoxy) is 1. The molecule has 8 heteroatoms. The molecule has 7 nitrogen and oxygen atoms in total. The fourth-order valence-corrected chi connectivity index (χ4v) is 4.00. The smallest absolute Gasteiger partial charge is 0.247 e. The number of pyridine rings is 1. The number of carbonyl (C=O) groups excluding carboxylic acids is 1. The summed E-state index contributed by atoms with van der Waals surface area (Å²) in [5, 5.41) is 3.64. The third-order valence-electron chi connectivity index (χ3n) is 4.97. The van der Waals surface area contributed by atoms with Gasteiger partial charge in [-0.05, 0) is 45.4 Å². The lowest BCUT2D eigenvalue weighted by molar-refractivity contribution is -0.111. The first-order chi connectivity index (χ1) is 14.9. The predicted molar refractivity (Wildman–Crippen MR) is 127 cm³/mol. The Kier molecular flexibility index (Phi) is 8.34. The SMILES string of the molecule is C=CC(=O)Nc1cccc(Sc2cc(OCCN(C)C)c(N3CCN(C)CC3)cn2)c1. The summed E-state index contributed by atoms with van der Waals surface area (Å²) in [6, 6.07) is 9.70. The van der Waals surface area contributed by atoms with Gasteiger partial charge in [-0.2, -0.15) is 0 Å². The Labute approximate surface area is 189 Å². The van der Waals surface area contributed by atoms with Crippen molar-refractivity contribution in [1.29, 1.82) is 0 Å². The van der Waals surface area contributed by atoms with Gasteiger partial charge in [0.15, 0.2) is 0 Å². The Hall–Kier alpha value is -2.55. The molecule has 0 bridgehead atoms. The number of benzene rings is 1. The lowest BCUT2D eigenvalue weighted by atomic mass is 10.2. The summed E-state index contributed by atoms with van der Waals surface area (Å²) in [6.07, 6.45) is 3.18.